The van der Waals surface area contributed by atoms with Gasteiger partial charge in [-0.15, -0.1) is 0 Å². The number of β-lactam (4-membered cyclic amide) rings is 1. The van der Waals surface area contributed by atoms with Gasteiger partial charge in [0.15, 0.2) is 0 Å². The zero-order valence-corrected chi connectivity index (χ0v) is 18.9. The van der Waals surface area contributed by atoms with Crippen molar-refractivity contribution in [3.05, 3.63) is 94.0 Å². The summed E-state index contributed by atoms with van der Waals surface area (Å²) in [5.74, 6) is -0.532. The lowest BCUT2D eigenvalue weighted by molar-refractivity contribution is -0.130. The molecule has 2 atom stereocenters. The summed E-state index contributed by atoms with van der Waals surface area (Å²) in [6.07, 6.45) is 0. The number of aryl methyl sites for hydroxylation is 1. The van der Waals surface area contributed by atoms with Gasteiger partial charge in [0.1, 0.15) is 11.8 Å². The highest BCUT2D eigenvalue weighted by Crippen LogP contribution is 2.45. The highest BCUT2D eigenvalue weighted by Gasteiger charge is 2.57. The van der Waals surface area contributed by atoms with Gasteiger partial charge < -0.3 is 9.64 Å². The molecule has 1 fully saturated rings. The van der Waals surface area contributed by atoms with Crippen LogP contribution in [0.3, 0.4) is 0 Å². The van der Waals surface area contributed by atoms with Gasteiger partial charge in [-0.2, -0.15) is 0 Å². The lowest BCUT2D eigenvalue weighted by atomic mass is 9.86. The van der Waals surface area contributed by atoms with E-state index in [1.165, 1.54) is 0 Å². The van der Waals surface area contributed by atoms with E-state index in [0.717, 1.165) is 16.0 Å². The molecule has 3 amide bonds. The average Bonchev–Trinajstić information content (AvgIpc) is 3.06. The van der Waals surface area contributed by atoms with E-state index in [2.05, 4.69) is 0 Å². The van der Waals surface area contributed by atoms with Gasteiger partial charge in [0, 0.05) is 10.7 Å². The summed E-state index contributed by atoms with van der Waals surface area (Å²) in [6.45, 7) is 4.32. The van der Waals surface area contributed by atoms with E-state index in [4.69, 9.17) is 16.3 Å². The summed E-state index contributed by atoms with van der Waals surface area (Å²) < 4.78 is 5.54. The highest BCUT2D eigenvalue weighted by molar-refractivity contribution is 6.32. The van der Waals surface area contributed by atoms with Crippen molar-refractivity contribution in [2.75, 3.05) is 11.5 Å². The molecular formula is C26H21ClN2O4. The Morgan fingerprint density at radius 3 is 2.06 bits per heavy atom. The second-order valence-electron chi connectivity index (χ2n) is 8.06. The molecule has 0 radical (unpaired) electrons. The third-order valence-corrected chi connectivity index (χ3v) is 6.54. The number of carbonyl (C=O) groups excluding carboxylic acids is 3. The van der Waals surface area contributed by atoms with Crippen molar-refractivity contribution in [3.8, 4) is 5.75 Å². The summed E-state index contributed by atoms with van der Waals surface area (Å²) in [5.41, 5.74) is 2.93. The Hall–Kier alpha value is -3.64. The summed E-state index contributed by atoms with van der Waals surface area (Å²) in [4.78, 5) is 42.4. The van der Waals surface area contributed by atoms with E-state index in [1.54, 1.807) is 35.2 Å². The number of amides is 3. The van der Waals surface area contributed by atoms with Crippen LogP contribution < -0.4 is 9.64 Å². The molecular weight excluding hydrogens is 440 g/mol. The number of carbonyl (C=O) groups is 3. The van der Waals surface area contributed by atoms with Crippen LogP contribution in [0.1, 0.15) is 44.8 Å². The van der Waals surface area contributed by atoms with Crippen LogP contribution in [0.2, 0.25) is 5.02 Å². The van der Waals surface area contributed by atoms with Crippen LogP contribution in [-0.2, 0) is 4.79 Å². The lowest BCUT2D eigenvalue weighted by Gasteiger charge is -2.49. The topological polar surface area (TPSA) is 66.9 Å². The Labute approximate surface area is 196 Å². The SMILES string of the molecule is CCOc1ccc(C2C(N3C(=O)c4ccccc4C3=O)C(=O)N2c2ccc(C)c(Cl)c2)cc1. The molecule has 3 aromatic carbocycles. The third kappa shape index (κ3) is 3.29. The molecule has 33 heavy (non-hydrogen) atoms. The van der Waals surface area contributed by atoms with E-state index in [1.807, 2.05) is 50.2 Å². The Bertz CT molecular complexity index is 1250. The number of hydrogen-bond acceptors (Lipinski definition) is 4. The molecule has 2 heterocycles. The number of anilines is 1. The largest absolute Gasteiger partial charge is 0.494 e. The molecule has 3 aromatic rings. The molecule has 1 saturated heterocycles. The molecule has 166 valence electrons. The Morgan fingerprint density at radius 2 is 1.48 bits per heavy atom. The van der Waals surface area contributed by atoms with Crippen molar-refractivity contribution in [1.29, 1.82) is 0 Å². The Morgan fingerprint density at radius 1 is 0.848 bits per heavy atom. The van der Waals surface area contributed by atoms with Gasteiger partial charge in [-0.05, 0) is 61.4 Å². The van der Waals surface area contributed by atoms with Gasteiger partial charge in [0.05, 0.1) is 23.8 Å². The zero-order chi connectivity index (χ0) is 23.3. The second-order valence-corrected chi connectivity index (χ2v) is 8.47. The van der Waals surface area contributed by atoms with E-state index >= 15 is 0 Å². The normalized spacial score (nSPS) is 19.5. The third-order valence-electron chi connectivity index (χ3n) is 6.14. The first-order valence-electron chi connectivity index (χ1n) is 10.7. The molecule has 5 rings (SSSR count). The number of fused-ring (bicyclic) bond motifs is 1. The maximum atomic E-state index is 13.5. The van der Waals surface area contributed by atoms with E-state index in [-0.39, 0.29) is 5.91 Å². The van der Waals surface area contributed by atoms with Gasteiger partial charge in [0.2, 0.25) is 0 Å². The van der Waals surface area contributed by atoms with Gasteiger partial charge >= 0.3 is 0 Å². The molecule has 0 aliphatic carbocycles. The van der Waals surface area contributed by atoms with Gasteiger partial charge in [-0.3, -0.25) is 19.3 Å². The molecule has 0 spiro atoms. The predicted molar refractivity (Wildman–Crippen MR) is 125 cm³/mol. The number of hydrogen-bond donors (Lipinski definition) is 0. The van der Waals surface area contributed by atoms with Crippen LogP contribution in [0, 0.1) is 6.92 Å². The minimum Gasteiger partial charge on any atom is -0.494 e. The second kappa shape index (κ2) is 8.05. The molecule has 0 aromatic heterocycles. The number of imide groups is 1. The minimum absolute atomic E-state index is 0.317. The maximum Gasteiger partial charge on any atom is 0.262 e. The predicted octanol–water partition coefficient (Wildman–Crippen LogP) is 4.80. The van der Waals surface area contributed by atoms with Gasteiger partial charge in [-0.25, -0.2) is 0 Å². The monoisotopic (exact) mass is 460 g/mol. The first kappa shape index (κ1) is 21.2. The van der Waals surface area contributed by atoms with Crippen molar-refractivity contribution in [3.63, 3.8) is 0 Å². The van der Waals surface area contributed by atoms with E-state index < -0.39 is 23.9 Å². The van der Waals surface area contributed by atoms with Gasteiger partial charge in [0.25, 0.3) is 17.7 Å². The fourth-order valence-corrected chi connectivity index (χ4v) is 4.64. The summed E-state index contributed by atoms with van der Waals surface area (Å²) >= 11 is 6.33. The summed E-state index contributed by atoms with van der Waals surface area (Å²) in [7, 11) is 0. The lowest BCUT2D eigenvalue weighted by Crippen LogP contribution is -2.67. The molecule has 2 unspecified atom stereocenters. The van der Waals surface area contributed by atoms with E-state index in [0.29, 0.717) is 34.2 Å². The molecule has 2 aliphatic rings. The number of nitrogens with zero attached hydrogens (tertiary/aromatic N) is 2. The Balaban J connectivity index is 1.57. The molecule has 0 saturated carbocycles. The molecule has 0 bridgehead atoms. The van der Waals surface area contributed by atoms with Crippen LogP contribution in [0.5, 0.6) is 5.75 Å². The molecule has 0 N–H and O–H groups in total. The van der Waals surface area contributed by atoms with Crippen molar-refractivity contribution in [2.24, 2.45) is 0 Å². The smallest absolute Gasteiger partial charge is 0.262 e. The maximum absolute atomic E-state index is 13.5. The molecule has 7 heteroatoms. The number of ether oxygens (including phenoxy) is 1. The van der Waals surface area contributed by atoms with Crippen molar-refractivity contribution >= 4 is 35.0 Å². The first-order valence-corrected chi connectivity index (χ1v) is 11.1. The fourth-order valence-electron chi connectivity index (χ4n) is 4.46. The average molecular weight is 461 g/mol. The summed E-state index contributed by atoms with van der Waals surface area (Å²) in [5, 5.41) is 0.537. The molecule has 2 aliphatic heterocycles. The number of benzene rings is 3. The highest BCUT2D eigenvalue weighted by atomic mass is 35.5. The minimum atomic E-state index is -0.949. The number of halogens is 1. The first-order chi connectivity index (χ1) is 15.9. The van der Waals surface area contributed by atoms with Crippen LogP contribution in [0.25, 0.3) is 0 Å². The fraction of sp³-hybridized carbons (Fsp3) is 0.192. The molecule has 6 nitrogen and oxygen atoms in total. The van der Waals surface area contributed by atoms with Crippen LogP contribution in [-0.4, -0.2) is 35.3 Å². The standard InChI is InChI=1S/C26H21ClN2O4/c1-3-33-18-12-9-16(10-13-18)22-23(26(32)28(22)17-11-8-15(2)21(27)14-17)29-24(30)19-6-4-5-7-20(19)25(29)31/h4-14,22-23H,3H2,1-2H3. The van der Waals surface area contributed by atoms with Crippen molar-refractivity contribution < 1.29 is 19.1 Å². The van der Waals surface area contributed by atoms with E-state index in [9.17, 15) is 14.4 Å². The van der Waals surface area contributed by atoms with Crippen molar-refractivity contribution in [2.45, 2.75) is 25.9 Å². The van der Waals surface area contributed by atoms with Crippen molar-refractivity contribution in [1.82, 2.24) is 4.90 Å². The number of rotatable bonds is 5. The van der Waals surface area contributed by atoms with Crippen LogP contribution in [0.4, 0.5) is 5.69 Å². The van der Waals surface area contributed by atoms with Crippen LogP contribution >= 0.6 is 11.6 Å². The van der Waals surface area contributed by atoms with Crippen LogP contribution in [0.15, 0.2) is 66.7 Å². The quantitative estimate of drug-likeness (QED) is 0.405. The van der Waals surface area contributed by atoms with Gasteiger partial charge in [-0.1, -0.05) is 41.9 Å². The summed E-state index contributed by atoms with van der Waals surface area (Å²) in [6, 6.07) is 17.9. The zero-order valence-electron chi connectivity index (χ0n) is 18.1. The Kier molecular flexibility index (Phi) is 5.17.